The Balaban J connectivity index is 2.79. The summed E-state index contributed by atoms with van der Waals surface area (Å²) < 4.78 is 0. The lowest BCUT2D eigenvalue weighted by Crippen LogP contribution is -2.12. The number of hydrogen-bond donors (Lipinski definition) is 1. The van der Waals surface area contributed by atoms with E-state index in [2.05, 4.69) is 9.97 Å². The van der Waals surface area contributed by atoms with Gasteiger partial charge in [-0.2, -0.15) is 0 Å². The molecule has 0 aliphatic heterocycles. The number of H-pyrrole nitrogens is 1. The highest BCUT2D eigenvalue weighted by atomic mass is 16.1. The summed E-state index contributed by atoms with van der Waals surface area (Å²) in [6.07, 6.45) is 0. The van der Waals surface area contributed by atoms with Gasteiger partial charge in [0.2, 0.25) is 0 Å². The molecule has 0 amide bonds. The zero-order valence-corrected chi connectivity index (χ0v) is 8.24. The fourth-order valence-electron chi connectivity index (χ4n) is 1.38. The first-order chi connectivity index (χ1) is 6.68. The zero-order chi connectivity index (χ0) is 10.1. The largest absolute Gasteiger partial charge is 0.310 e. The lowest BCUT2D eigenvalue weighted by molar-refractivity contribution is 0.776. The van der Waals surface area contributed by atoms with Gasteiger partial charge in [-0.3, -0.25) is 4.79 Å². The number of para-hydroxylation sites is 1. The van der Waals surface area contributed by atoms with Crippen LogP contribution in [-0.4, -0.2) is 9.97 Å². The lowest BCUT2D eigenvalue weighted by Gasteiger charge is -2.04. The quantitative estimate of drug-likeness (QED) is 0.744. The normalized spacial score (nSPS) is 11.1. The number of fused-ring (bicyclic) bond motifs is 1. The van der Waals surface area contributed by atoms with Crippen molar-refractivity contribution in [3.8, 4) is 0 Å². The molecule has 1 heterocycles. The van der Waals surface area contributed by atoms with E-state index < -0.39 is 0 Å². The molecule has 2 aromatic rings. The van der Waals surface area contributed by atoms with E-state index in [0.717, 1.165) is 11.3 Å². The number of nitrogens with one attached hydrogen (secondary N) is 1. The van der Waals surface area contributed by atoms with Gasteiger partial charge in [0.25, 0.3) is 5.56 Å². The number of aromatic amines is 1. The third kappa shape index (κ3) is 1.41. The molecule has 14 heavy (non-hydrogen) atoms. The number of rotatable bonds is 1. The van der Waals surface area contributed by atoms with E-state index in [-0.39, 0.29) is 11.5 Å². The molecular formula is C11H12N2O. The zero-order valence-electron chi connectivity index (χ0n) is 8.24. The maximum absolute atomic E-state index is 11.6. The Morgan fingerprint density at radius 3 is 2.71 bits per heavy atom. The fraction of sp³-hybridized carbons (Fsp3) is 0.273. The topological polar surface area (TPSA) is 45.8 Å². The Morgan fingerprint density at radius 1 is 1.29 bits per heavy atom. The van der Waals surface area contributed by atoms with Gasteiger partial charge in [-0.25, -0.2) is 4.98 Å². The van der Waals surface area contributed by atoms with Crippen molar-refractivity contribution in [3.63, 3.8) is 0 Å². The molecule has 0 aliphatic rings. The first-order valence-corrected chi connectivity index (χ1v) is 4.67. The lowest BCUT2D eigenvalue weighted by atomic mass is 10.2. The molecule has 3 heteroatoms. The molecule has 0 atom stereocenters. The van der Waals surface area contributed by atoms with Crippen LogP contribution < -0.4 is 5.56 Å². The smallest absolute Gasteiger partial charge is 0.258 e. The van der Waals surface area contributed by atoms with Crippen LogP contribution in [0.25, 0.3) is 10.9 Å². The highest BCUT2D eigenvalue weighted by Crippen LogP contribution is 2.11. The minimum Gasteiger partial charge on any atom is -0.310 e. The first-order valence-electron chi connectivity index (χ1n) is 4.67. The van der Waals surface area contributed by atoms with E-state index in [0.29, 0.717) is 5.39 Å². The summed E-state index contributed by atoms with van der Waals surface area (Å²) in [5.74, 6) is 0.987. The summed E-state index contributed by atoms with van der Waals surface area (Å²) in [5, 5.41) is 0.650. The Bertz CT molecular complexity index is 514. The van der Waals surface area contributed by atoms with E-state index >= 15 is 0 Å². The summed E-state index contributed by atoms with van der Waals surface area (Å²) in [6.45, 7) is 4.01. The molecule has 72 valence electrons. The molecule has 0 saturated carbocycles. The summed E-state index contributed by atoms with van der Waals surface area (Å²) in [4.78, 5) is 18.8. The molecular weight excluding hydrogens is 176 g/mol. The van der Waals surface area contributed by atoms with Crippen LogP contribution in [0, 0.1) is 0 Å². The van der Waals surface area contributed by atoms with Gasteiger partial charge in [-0.1, -0.05) is 26.0 Å². The van der Waals surface area contributed by atoms with Crippen LogP contribution in [0.3, 0.4) is 0 Å². The standard InChI is InChI=1S/C11H12N2O/c1-7(2)10-12-9-6-4-3-5-8(9)11(14)13-10/h3-7H,1-2H3,(H,12,13,14). The third-order valence-corrected chi connectivity index (χ3v) is 2.18. The highest BCUT2D eigenvalue weighted by Gasteiger charge is 2.05. The Labute approximate surface area is 81.8 Å². The van der Waals surface area contributed by atoms with Crippen LogP contribution in [-0.2, 0) is 0 Å². The van der Waals surface area contributed by atoms with Crippen LogP contribution in [0.15, 0.2) is 29.1 Å². The minimum atomic E-state index is -0.0562. The van der Waals surface area contributed by atoms with E-state index in [9.17, 15) is 4.79 Å². The predicted molar refractivity (Wildman–Crippen MR) is 56.5 cm³/mol. The molecule has 1 N–H and O–H groups in total. The van der Waals surface area contributed by atoms with Crippen molar-refractivity contribution in [1.29, 1.82) is 0 Å². The number of hydrogen-bond acceptors (Lipinski definition) is 2. The molecule has 0 radical (unpaired) electrons. The molecule has 3 nitrogen and oxygen atoms in total. The molecule has 0 aliphatic carbocycles. The van der Waals surface area contributed by atoms with E-state index in [1.54, 1.807) is 6.07 Å². The summed E-state index contributed by atoms with van der Waals surface area (Å²) in [6, 6.07) is 7.37. The number of aromatic nitrogens is 2. The molecule has 0 spiro atoms. The van der Waals surface area contributed by atoms with Crippen LogP contribution >= 0.6 is 0 Å². The monoisotopic (exact) mass is 188 g/mol. The Kier molecular flexibility index (Phi) is 2.08. The van der Waals surface area contributed by atoms with Crippen molar-refractivity contribution >= 4 is 10.9 Å². The minimum absolute atomic E-state index is 0.0562. The predicted octanol–water partition coefficient (Wildman–Crippen LogP) is 2.05. The molecule has 0 bridgehead atoms. The van der Waals surface area contributed by atoms with Crippen molar-refractivity contribution in [2.75, 3.05) is 0 Å². The van der Waals surface area contributed by atoms with Gasteiger partial charge in [0.05, 0.1) is 10.9 Å². The van der Waals surface area contributed by atoms with Crippen molar-refractivity contribution in [1.82, 2.24) is 9.97 Å². The average Bonchev–Trinajstić information content (AvgIpc) is 2.17. The Morgan fingerprint density at radius 2 is 2.00 bits per heavy atom. The van der Waals surface area contributed by atoms with Crippen LogP contribution in [0.1, 0.15) is 25.6 Å². The SMILES string of the molecule is CC(C)c1nc2ccccc2c(=O)[nH]1. The maximum Gasteiger partial charge on any atom is 0.258 e. The van der Waals surface area contributed by atoms with Crippen LogP contribution in [0.5, 0.6) is 0 Å². The van der Waals surface area contributed by atoms with Crippen molar-refractivity contribution in [3.05, 3.63) is 40.4 Å². The van der Waals surface area contributed by atoms with Gasteiger partial charge >= 0.3 is 0 Å². The average molecular weight is 188 g/mol. The van der Waals surface area contributed by atoms with Crippen LogP contribution in [0.4, 0.5) is 0 Å². The molecule has 2 rings (SSSR count). The molecule has 1 aromatic carbocycles. The van der Waals surface area contributed by atoms with Gasteiger partial charge in [0, 0.05) is 5.92 Å². The van der Waals surface area contributed by atoms with Gasteiger partial charge < -0.3 is 4.98 Å². The van der Waals surface area contributed by atoms with E-state index in [1.165, 1.54) is 0 Å². The number of benzene rings is 1. The second-order valence-corrected chi connectivity index (χ2v) is 3.62. The molecule has 0 unspecified atom stereocenters. The van der Waals surface area contributed by atoms with Crippen molar-refractivity contribution in [2.45, 2.75) is 19.8 Å². The molecule has 0 saturated heterocycles. The third-order valence-electron chi connectivity index (χ3n) is 2.18. The second-order valence-electron chi connectivity index (χ2n) is 3.62. The molecule has 0 fully saturated rings. The second kappa shape index (κ2) is 3.25. The van der Waals surface area contributed by atoms with E-state index in [1.807, 2.05) is 32.0 Å². The maximum atomic E-state index is 11.6. The summed E-state index contributed by atoms with van der Waals surface area (Å²) >= 11 is 0. The fourth-order valence-corrected chi connectivity index (χ4v) is 1.38. The van der Waals surface area contributed by atoms with Gasteiger partial charge in [0.1, 0.15) is 5.82 Å². The van der Waals surface area contributed by atoms with Crippen molar-refractivity contribution in [2.24, 2.45) is 0 Å². The van der Waals surface area contributed by atoms with E-state index in [4.69, 9.17) is 0 Å². The van der Waals surface area contributed by atoms with Crippen LogP contribution in [0.2, 0.25) is 0 Å². The van der Waals surface area contributed by atoms with Gasteiger partial charge in [-0.05, 0) is 12.1 Å². The summed E-state index contributed by atoms with van der Waals surface area (Å²) in [5.41, 5.74) is 0.708. The number of nitrogens with zero attached hydrogens (tertiary/aromatic N) is 1. The van der Waals surface area contributed by atoms with Crippen molar-refractivity contribution < 1.29 is 0 Å². The highest BCUT2D eigenvalue weighted by molar-refractivity contribution is 5.77. The molecule has 1 aromatic heterocycles. The summed E-state index contributed by atoms with van der Waals surface area (Å²) in [7, 11) is 0. The van der Waals surface area contributed by atoms with Gasteiger partial charge in [0.15, 0.2) is 0 Å². The first kappa shape index (κ1) is 8.94. The van der Waals surface area contributed by atoms with Gasteiger partial charge in [-0.15, -0.1) is 0 Å². The Hall–Kier alpha value is -1.64.